The Labute approximate surface area is 253 Å². The largest absolute Gasteiger partial charge is 0.453 e. The van der Waals surface area contributed by atoms with Gasteiger partial charge in [0.25, 0.3) is 0 Å². The first-order valence-corrected chi connectivity index (χ1v) is 15.4. The molecule has 2 unspecified atom stereocenters. The zero-order valence-electron chi connectivity index (χ0n) is 25.3. The highest BCUT2D eigenvalue weighted by molar-refractivity contribution is 5.81. The first-order chi connectivity index (χ1) is 20.7. The van der Waals surface area contributed by atoms with Crippen molar-refractivity contribution in [3.05, 3.63) is 59.4 Å². The molecule has 2 aliphatic heterocycles. The van der Waals surface area contributed by atoms with Gasteiger partial charge in [-0.05, 0) is 67.7 Å². The summed E-state index contributed by atoms with van der Waals surface area (Å²) >= 11 is 0. The normalized spacial score (nSPS) is 19.0. The summed E-state index contributed by atoms with van der Waals surface area (Å²) in [6.07, 6.45) is 3.45. The first-order valence-electron chi connectivity index (χ1n) is 15.4. The van der Waals surface area contributed by atoms with E-state index in [-0.39, 0.29) is 43.2 Å². The van der Waals surface area contributed by atoms with Crippen molar-refractivity contribution in [2.45, 2.75) is 57.5 Å². The molecule has 4 rings (SSSR count). The minimum absolute atomic E-state index is 0.0365. The third kappa shape index (κ3) is 7.54. The van der Waals surface area contributed by atoms with E-state index in [1.807, 2.05) is 36.1 Å². The Morgan fingerprint density at radius 1 is 1.09 bits per heavy atom. The van der Waals surface area contributed by atoms with E-state index in [1.54, 1.807) is 17.0 Å². The van der Waals surface area contributed by atoms with Crippen LogP contribution in [0.15, 0.2) is 42.5 Å². The second-order valence-corrected chi connectivity index (χ2v) is 11.6. The minimum Gasteiger partial charge on any atom is -0.453 e. The van der Waals surface area contributed by atoms with E-state index in [0.717, 1.165) is 12.0 Å². The van der Waals surface area contributed by atoms with Crippen LogP contribution in [0.4, 0.5) is 9.18 Å². The summed E-state index contributed by atoms with van der Waals surface area (Å²) in [6.45, 7) is 4.22. The highest BCUT2D eigenvalue weighted by Gasteiger charge is 2.44. The average molecular weight is 597 g/mol. The summed E-state index contributed by atoms with van der Waals surface area (Å²) in [5.41, 5.74) is 6.66. The number of amides is 3. The number of benzene rings is 2. The minimum atomic E-state index is -1.46. The molecule has 2 aliphatic rings. The maximum atomic E-state index is 15.7. The Morgan fingerprint density at radius 3 is 2.53 bits per heavy atom. The Hall–Kier alpha value is -3.50. The van der Waals surface area contributed by atoms with Crippen molar-refractivity contribution in [3.8, 4) is 11.1 Å². The molecule has 234 valence electrons. The van der Waals surface area contributed by atoms with Gasteiger partial charge in [-0.3, -0.25) is 9.59 Å². The Kier molecular flexibility index (Phi) is 11.2. The molecule has 0 bridgehead atoms. The maximum Gasteiger partial charge on any atom is 0.406 e. The van der Waals surface area contributed by atoms with Gasteiger partial charge in [-0.1, -0.05) is 43.3 Å². The van der Waals surface area contributed by atoms with Gasteiger partial charge in [-0.25, -0.2) is 9.18 Å². The number of alkyl carbamates (subject to hydrolysis) is 1. The standard InChI is InChI=1S/C33H45FN4O5/c1-3-23-8-4-9-25(20-23)30-27(11-5-12-28(30)34)33(42,15-7-16-36-32(41)43-2)26-10-6-17-38(22-26)31(40)24-13-18-37(19-14-24)29(39)21-35/h4-5,8-9,11-12,20,24,26,42H,3,6-7,10,13-19,21-22,35H2,1-2H3,(H,36,41). The van der Waals surface area contributed by atoms with Gasteiger partial charge < -0.3 is 30.7 Å². The van der Waals surface area contributed by atoms with Crippen LogP contribution in [0.25, 0.3) is 11.1 Å². The first kappa shape index (κ1) is 32.4. The van der Waals surface area contributed by atoms with Gasteiger partial charge in [0, 0.05) is 50.1 Å². The van der Waals surface area contributed by atoms with Crippen LogP contribution in [0.5, 0.6) is 0 Å². The van der Waals surface area contributed by atoms with Crippen LogP contribution in [0.1, 0.15) is 56.6 Å². The summed E-state index contributed by atoms with van der Waals surface area (Å²) in [6, 6.07) is 12.5. The van der Waals surface area contributed by atoms with Crippen molar-refractivity contribution in [3.63, 3.8) is 0 Å². The number of nitrogens with zero attached hydrogens (tertiary/aromatic N) is 2. The quantitative estimate of drug-likeness (QED) is 0.358. The lowest BCUT2D eigenvalue weighted by atomic mass is 9.72. The third-order valence-electron chi connectivity index (χ3n) is 9.07. The Morgan fingerprint density at radius 2 is 1.84 bits per heavy atom. The fourth-order valence-corrected chi connectivity index (χ4v) is 6.63. The molecule has 9 nitrogen and oxygen atoms in total. The summed E-state index contributed by atoms with van der Waals surface area (Å²) in [5, 5.41) is 15.3. The van der Waals surface area contributed by atoms with Gasteiger partial charge >= 0.3 is 6.09 Å². The van der Waals surface area contributed by atoms with Gasteiger partial charge in [0.2, 0.25) is 11.8 Å². The molecule has 3 amide bonds. The van der Waals surface area contributed by atoms with Crippen LogP contribution in [0.3, 0.4) is 0 Å². The highest BCUT2D eigenvalue weighted by Crippen LogP contribution is 2.44. The number of aryl methyl sites for hydroxylation is 1. The number of hydrogen-bond acceptors (Lipinski definition) is 6. The van der Waals surface area contributed by atoms with Crippen LogP contribution in [-0.4, -0.2) is 79.2 Å². The van der Waals surface area contributed by atoms with E-state index >= 15 is 4.39 Å². The molecule has 43 heavy (non-hydrogen) atoms. The Balaban J connectivity index is 1.62. The number of rotatable bonds is 10. The van der Waals surface area contributed by atoms with Gasteiger partial charge in [-0.15, -0.1) is 0 Å². The molecule has 0 saturated carbocycles. The number of aliphatic hydroxyl groups is 1. The van der Waals surface area contributed by atoms with Crippen LogP contribution in [0, 0.1) is 17.7 Å². The molecule has 2 heterocycles. The van der Waals surface area contributed by atoms with Crippen molar-refractivity contribution in [1.29, 1.82) is 0 Å². The maximum absolute atomic E-state index is 15.7. The summed E-state index contributed by atoms with van der Waals surface area (Å²) < 4.78 is 20.4. The topological polar surface area (TPSA) is 125 Å². The van der Waals surface area contributed by atoms with E-state index in [1.165, 1.54) is 13.2 Å². The van der Waals surface area contributed by atoms with E-state index in [2.05, 4.69) is 10.1 Å². The number of piperidine rings is 2. The summed E-state index contributed by atoms with van der Waals surface area (Å²) in [7, 11) is 1.29. The number of hydrogen-bond donors (Lipinski definition) is 3. The lowest BCUT2D eigenvalue weighted by Gasteiger charge is -2.45. The molecular formula is C33H45FN4O5. The predicted octanol–water partition coefficient (Wildman–Crippen LogP) is 3.81. The highest BCUT2D eigenvalue weighted by atomic mass is 19.1. The SMILES string of the molecule is CCc1cccc(-c2c(F)cccc2C(O)(CCCNC(=O)OC)C2CCCN(C(=O)C3CCN(C(=O)CN)CC3)C2)c1. The monoisotopic (exact) mass is 596 g/mol. The lowest BCUT2D eigenvalue weighted by Crippen LogP contribution is -2.51. The zero-order valence-corrected chi connectivity index (χ0v) is 25.3. The van der Waals surface area contributed by atoms with Gasteiger partial charge in [-0.2, -0.15) is 0 Å². The molecule has 0 spiro atoms. The number of halogens is 1. The number of methoxy groups -OCH3 is 1. The van der Waals surface area contributed by atoms with Crippen molar-refractivity contribution in [1.82, 2.24) is 15.1 Å². The van der Waals surface area contributed by atoms with Gasteiger partial charge in [0.1, 0.15) is 5.82 Å². The van der Waals surface area contributed by atoms with E-state index in [9.17, 15) is 19.5 Å². The smallest absolute Gasteiger partial charge is 0.406 e. The second kappa shape index (κ2) is 14.8. The molecule has 0 aromatic heterocycles. The molecule has 2 atom stereocenters. The number of nitrogens with two attached hydrogens (primary N) is 1. The molecule has 10 heteroatoms. The molecule has 0 radical (unpaired) electrons. The fraction of sp³-hybridized carbons (Fsp3) is 0.545. The second-order valence-electron chi connectivity index (χ2n) is 11.6. The number of carbonyl (C=O) groups is 3. The third-order valence-corrected chi connectivity index (χ3v) is 9.07. The molecule has 2 fully saturated rings. The summed E-state index contributed by atoms with van der Waals surface area (Å²) in [5.74, 6) is -1.03. The van der Waals surface area contributed by atoms with Crippen molar-refractivity contribution < 1.29 is 28.6 Å². The molecule has 2 saturated heterocycles. The predicted molar refractivity (Wildman–Crippen MR) is 162 cm³/mol. The van der Waals surface area contributed by atoms with Crippen molar-refractivity contribution in [2.24, 2.45) is 17.6 Å². The number of likely N-dealkylation sites (tertiary alicyclic amines) is 2. The molecule has 4 N–H and O–H groups in total. The van der Waals surface area contributed by atoms with E-state index in [0.29, 0.717) is 75.0 Å². The van der Waals surface area contributed by atoms with Crippen molar-refractivity contribution in [2.75, 3.05) is 46.4 Å². The number of carbonyl (C=O) groups excluding carboxylic acids is 3. The van der Waals surface area contributed by atoms with Crippen LogP contribution in [0.2, 0.25) is 0 Å². The van der Waals surface area contributed by atoms with Crippen LogP contribution in [-0.2, 0) is 26.3 Å². The number of nitrogens with one attached hydrogen (secondary N) is 1. The van der Waals surface area contributed by atoms with E-state index in [4.69, 9.17) is 5.73 Å². The molecular weight excluding hydrogens is 551 g/mol. The Bertz CT molecular complexity index is 1280. The lowest BCUT2D eigenvalue weighted by molar-refractivity contribution is -0.144. The van der Waals surface area contributed by atoms with Crippen LogP contribution >= 0.6 is 0 Å². The van der Waals surface area contributed by atoms with E-state index < -0.39 is 17.5 Å². The number of ether oxygens (including phenoxy) is 1. The summed E-state index contributed by atoms with van der Waals surface area (Å²) in [4.78, 5) is 40.9. The zero-order chi connectivity index (χ0) is 31.0. The fourth-order valence-electron chi connectivity index (χ4n) is 6.63. The molecule has 2 aromatic rings. The molecule has 0 aliphatic carbocycles. The van der Waals surface area contributed by atoms with Crippen LogP contribution < -0.4 is 11.1 Å². The molecule has 2 aromatic carbocycles. The average Bonchev–Trinajstić information content (AvgIpc) is 3.05. The van der Waals surface area contributed by atoms with Crippen molar-refractivity contribution >= 4 is 17.9 Å². The van der Waals surface area contributed by atoms with Gasteiger partial charge in [0.15, 0.2) is 0 Å². The van der Waals surface area contributed by atoms with Gasteiger partial charge in [0.05, 0.1) is 19.3 Å².